The fourth-order valence-electron chi connectivity index (χ4n) is 1.19. The van der Waals surface area contributed by atoms with E-state index in [0.29, 0.717) is 4.47 Å². The van der Waals surface area contributed by atoms with E-state index in [2.05, 4.69) is 31.2 Å². The molecule has 1 aromatic carbocycles. The highest BCUT2D eigenvalue weighted by molar-refractivity contribution is 9.10. The van der Waals surface area contributed by atoms with Gasteiger partial charge < -0.3 is 11.1 Å². The third-order valence-corrected chi connectivity index (χ3v) is 2.72. The summed E-state index contributed by atoms with van der Waals surface area (Å²) in [6, 6.07) is 4.60. The predicted octanol–water partition coefficient (Wildman–Crippen LogP) is 3.36. The molecule has 0 fully saturated rings. The van der Waals surface area contributed by atoms with Crippen LogP contribution in [0.15, 0.2) is 28.9 Å². The minimum Gasteiger partial charge on any atom is -0.368 e. The molecule has 0 aliphatic rings. The minimum absolute atomic E-state index is 0.0643. The van der Waals surface area contributed by atoms with E-state index in [-0.39, 0.29) is 22.5 Å². The van der Waals surface area contributed by atoms with E-state index in [1.54, 1.807) is 12.1 Å². The maximum absolute atomic E-state index is 13.6. The van der Waals surface area contributed by atoms with E-state index in [1.165, 1.54) is 12.3 Å². The normalized spacial score (nSPS) is 10.3. The summed E-state index contributed by atoms with van der Waals surface area (Å²) in [6.45, 7) is 0. The molecular formula is C10H7BrClFN4. The van der Waals surface area contributed by atoms with Gasteiger partial charge in [-0.1, -0.05) is 27.5 Å². The summed E-state index contributed by atoms with van der Waals surface area (Å²) in [6.07, 6.45) is 1.35. The summed E-state index contributed by atoms with van der Waals surface area (Å²) in [7, 11) is 0. The van der Waals surface area contributed by atoms with Crippen molar-refractivity contribution in [3.05, 3.63) is 39.7 Å². The quantitative estimate of drug-likeness (QED) is 0.891. The lowest BCUT2D eigenvalue weighted by Gasteiger charge is -2.08. The van der Waals surface area contributed by atoms with Gasteiger partial charge >= 0.3 is 0 Å². The second-order valence-corrected chi connectivity index (χ2v) is 4.50. The lowest BCUT2D eigenvalue weighted by molar-refractivity contribution is 0.631. The van der Waals surface area contributed by atoms with Crippen molar-refractivity contribution in [2.24, 2.45) is 0 Å². The first-order valence-electron chi connectivity index (χ1n) is 4.56. The van der Waals surface area contributed by atoms with Crippen LogP contribution >= 0.6 is 27.5 Å². The van der Waals surface area contributed by atoms with Crippen molar-refractivity contribution in [2.45, 2.75) is 0 Å². The van der Waals surface area contributed by atoms with Crippen molar-refractivity contribution in [1.82, 2.24) is 9.97 Å². The maximum Gasteiger partial charge on any atom is 0.222 e. The van der Waals surface area contributed by atoms with Crippen LogP contribution in [0.1, 0.15) is 0 Å². The molecule has 0 radical (unpaired) electrons. The van der Waals surface area contributed by atoms with Gasteiger partial charge in [-0.05, 0) is 18.2 Å². The van der Waals surface area contributed by atoms with E-state index < -0.39 is 5.82 Å². The number of nitrogens with one attached hydrogen (secondary N) is 1. The van der Waals surface area contributed by atoms with E-state index >= 15 is 0 Å². The molecule has 17 heavy (non-hydrogen) atoms. The number of aromatic nitrogens is 2. The number of nitrogen functional groups attached to an aromatic ring is 1. The second-order valence-electron chi connectivity index (χ2n) is 3.17. The molecule has 3 N–H and O–H groups in total. The lowest BCUT2D eigenvalue weighted by Crippen LogP contribution is -2.01. The van der Waals surface area contributed by atoms with Crippen LogP contribution in [0.25, 0.3) is 0 Å². The SMILES string of the molecule is Nc1ncc(Cl)c(Nc2ccc(Br)cc2F)n1. The molecule has 0 aliphatic carbocycles. The Morgan fingerprint density at radius 1 is 1.41 bits per heavy atom. The van der Waals surface area contributed by atoms with Crippen molar-refractivity contribution in [1.29, 1.82) is 0 Å². The van der Waals surface area contributed by atoms with Crippen LogP contribution < -0.4 is 11.1 Å². The summed E-state index contributed by atoms with van der Waals surface area (Å²) in [5.74, 6) is -0.0950. The average Bonchev–Trinajstić information content (AvgIpc) is 2.27. The summed E-state index contributed by atoms with van der Waals surface area (Å²) < 4.78 is 14.2. The first kappa shape index (κ1) is 12.1. The van der Waals surface area contributed by atoms with Gasteiger partial charge in [0.1, 0.15) is 10.8 Å². The van der Waals surface area contributed by atoms with Gasteiger partial charge in [-0.3, -0.25) is 0 Å². The van der Waals surface area contributed by atoms with E-state index in [0.717, 1.165) is 0 Å². The molecule has 7 heteroatoms. The molecule has 1 heterocycles. The molecule has 0 unspecified atom stereocenters. The van der Waals surface area contributed by atoms with Gasteiger partial charge in [-0.15, -0.1) is 0 Å². The Bertz CT molecular complexity index is 564. The van der Waals surface area contributed by atoms with Crippen molar-refractivity contribution in [2.75, 3.05) is 11.1 Å². The van der Waals surface area contributed by atoms with Gasteiger partial charge in [0.15, 0.2) is 5.82 Å². The van der Waals surface area contributed by atoms with Gasteiger partial charge in [0.25, 0.3) is 0 Å². The molecule has 0 bridgehead atoms. The minimum atomic E-state index is -0.423. The van der Waals surface area contributed by atoms with Gasteiger partial charge in [0.2, 0.25) is 5.95 Å². The Balaban J connectivity index is 2.34. The van der Waals surface area contributed by atoms with Crippen molar-refractivity contribution in [3.63, 3.8) is 0 Å². The van der Waals surface area contributed by atoms with Crippen LogP contribution in [0, 0.1) is 5.82 Å². The number of nitrogens with zero attached hydrogens (tertiary/aromatic N) is 2. The Kier molecular flexibility index (Phi) is 3.44. The number of anilines is 3. The molecule has 2 aromatic rings. The molecular weight excluding hydrogens is 310 g/mol. The highest BCUT2D eigenvalue weighted by Crippen LogP contribution is 2.26. The topological polar surface area (TPSA) is 63.8 Å². The highest BCUT2D eigenvalue weighted by Gasteiger charge is 2.07. The van der Waals surface area contributed by atoms with Crippen molar-refractivity contribution < 1.29 is 4.39 Å². The number of halogens is 3. The first-order valence-corrected chi connectivity index (χ1v) is 5.73. The number of nitrogens with two attached hydrogens (primary N) is 1. The zero-order valence-corrected chi connectivity index (χ0v) is 10.8. The van der Waals surface area contributed by atoms with Crippen LogP contribution in [0.5, 0.6) is 0 Å². The Morgan fingerprint density at radius 3 is 2.88 bits per heavy atom. The molecule has 0 amide bonds. The lowest BCUT2D eigenvalue weighted by atomic mass is 10.3. The molecule has 0 aliphatic heterocycles. The summed E-state index contributed by atoms with van der Waals surface area (Å²) in [5, 5.41) is 3.01. The van der Waals surface area contributed by atoms with Gasteiger partial charge in [0.05, 0.1) is 11.9 Å². The Morgan fingerprint density at radius 2 is 2.18 bits per heavy atom. The maximum atomic E-state index is 13.6. The number of hydrogen-bond donors (Lipinski definition) is 2. The Labute approximate surface area is 110 Å². The predicted molar refractivity (Wildman–Crippen MR) is 68.8 cm³/mol. The summed E-state index contributed by atoms with van der Waals surface area (Å²) >= 11 is 9.02. The molecule has 0 saturated heterocycles. The van der Waals surface area contributed by atoms with Crippen molar-refractivity contribution >= 4 is 45.0 Å². The molecule has 88 valence electrons. The highest BCUT2D eigenvalue weighted by atomic mass is 79.9. The fourth-order valence-corrected chi connectivity index (χ4v) is 1.66. The van der Waals surface area contributed by atoms with Crippen LogP contribution in [-0.2, 0) is 0 Å². The first-order chi connectivity index (χ1) is 8.06. The monoisotopic (exact) mass is 316 g/mol. The van der Waals surface area contributed by atoms with Gasteiger partial charge in [-0.2, -0.15) is 4.98 Å². The standard InChI is InChI=1S/C10H7BrClFN4/c11-5-1-2-8(7(13)3-5)16-9-6(12)4-15-10(14)17-9/h1-4H,(H3,14,15,16,17). The van der Waals surface area contributed by atoms with Gasteiger partial charge in [-0.25, -0.2) is 9.37 Å². The third kappa shape index (κ3) is 2.83. The molecule has 0 spiro atoms. The van der Waals surface area contributed by atoms with Crippen LogP contribution in [-0.4, -0.2) is 9.97 Å². The Hall–Kier alpha value is -1.40. The van der Waals surface area contributed by atoms with Crippen LogP contribution in [0.3, 0.4) is 0 Å². The number of rotatable bonds is 2. The van der Waals surface area contributed by atoms with E-state index in [4.69, 9.17) is 17.3 Å². The molecule has 0 saturated carbocycles. The summed E-state index contributed by atoms with van der Waals surface area (Å²) in [5.41, 5.74) is 5.68. The van der Waals surface area contributed by atoms with Crippen LogP contribution in [0.4, 0.5) is 21.8 Å². The fraction of sp³-hybridized carbons (Fsp3) is 0. The number of hydrogen-bond acceptors (Lipinski definition) is 4. The zero-order valence-electron chi connectivity index (χ0n) is 8.42. The largest absolute Gasteiger partial charge is 0.368 e. The smallest absolute Gasteiger partial charge is 0.222 e. The molecule has 2 rings (SSSR count). The van der Waals surface area contributed by atoms with Crippen LogP contribution in [0.2, 0.25) is 5.02 Å². The zero-order chi connectivity index (χ0) is 12.4. The average molecular weight is 318 g/mol. The van der Waals surface area contributed by atoms with Gasteiger partial charge in [0, 0.05) is 4.47 Å². The van der Waals surface area contributed by atoms with E-state index in [9.17, 15) is 4.39 Å². The second kappa shape index (κ2) is 4.85. The van der Waals surface area contributed by atoms with E-state index in [1.807, 2.05) is 0 Å². The number of benzene rings is 1. The molecule has 1 aromatic heterocycles. The van der Waals surface area contributed by atoms with Crippen molar-refractivity contribution in [3.8, 4) is 0 Å². The third-order valence-electron chi connectivity index (χ3n) is 1.95. The summed E-state index contributed by atoms with van der Waals surface area (Å²) in [4.78, 5) is 7.59. The molecule has 4 nitrogen and oxygen atoms in total. The molecule has 0 atom stereocenters.